The first kappa shape index (κ1) is 10.8. The number of nitro groups is 1. The van der Waals surface area contributed by atoms with Crippen molar-refractivity contribution in [3.63, 3.8) is 0 Å². The molecule has 0 aliphatic carbocycles. The zero-order chi connectivity index (χ0) is 11.8. The van der Waals surface area contributed by atoms with Crippen LogP contribution in [0.5, 0.6) is 0 Å². The van der Waals surface area contributed by atoms with Gasteiger partial charge in [0.15, 0.2) is 0 Å². The number of rotatable bonds is 2. The minimum absolute atomic E-state index is 0.0456. The molecule has 1 unspecified atom stereocenters. The molecule has 1 aromatic carbocycles. The fourth-order valence-electron chi connectivity index (χ4n) is 2.11. The third kappa shape index (κ3) is 1.83. The summed E-state index contributed by atoms with van der Waals surface area (Å²) in [6.07, 6.45) is 1.82. The van der Waals surface area contributed by atoms with Crippen molar-refractivity contribution < 1.29 is 4.92 Å². The minimum atomic E-state index is -0.262. The molecule has 4 nitrogen and oxygen atoms in total. The van der Waals surface area contributed by atoms with Crippen LogP contribution in [0, 0.1) is 15.5 Å². The Kier molecular flexibility index (Phi) is 2.50. The van der Waals surface area contributed by atoms with Gasteiger partial charge in [0, 0.05) is 16.6 Å². The highest BCUT2D eigenvalue weighted by atomic mass is 16.6. The van der Waals surface area contributed by atoms with E-state index < -0.39 is 0 Å². The lowest BCUT2D eigenvalue weighted by molar-refractivity contribution is -0.485. The quantitative estimate of drug-likeness (QED) is 0.566. The van der Waals surface area contributed by atoms with Crippen LogP contribution in [-0.4, -0.2) is 17.7 Å². The molecule has 0 spiro atoms. The van der Waals surface area contributed by atoms with E-state index >= 15 is 0 Å². The van der Waals surface area contributed by atoms with Gasteiger partial charge in [-0.3, -0.25) is 15.1 Å². The minimum Gasteiger partial charge on any atom is -0.265 e. The van der Waals surface area contributed by atoms with Gasteiger partial charge in [0.25, 0.3) is 0 Å². The molecule has 0 N–H and O–H groups in total. The molecule has 0 saturated carbocycles. The number of hydrogen-bond donors (Lipinski definition) is 0. The Morgan fingerprint density at radius 2 is 2.12 bits per heavy atom. The van der Waals surface area contributed by atoms with Crippen molar-refractivity contribution in [3.8, 4) is 0 Å². The highest BCUT2D eigenvalue weighted by Gasteiger charge is 2.37. The zero-order valence-electron chi connectivity index (χ0n) is 9.38. The fraction of sp³-hybridized carbons (Fsp3) is 0.417. The summed E-state index contributed by atoms with van der Waals surface area (Å²) in [5, 5.41) is 10.7. The van der Waals surface area contributed by atoms with Gasteiger partial charge in [-0.25, -0.2) is 0 Å². The van der Waals surface area contributed by atoms with E-state index in [1.165, 1.54) is 0 Å². The first-order valence-electron chi connectivity index (χ1n) is 5.26. The molecule has 16 heavy (non-hydrogen) atoms. The van der Waals surface area contributed by atoms with Crippen molar-refractivity contribution in [2.45, 2.75) is 19.8 Å². The summed E-state index contributed by atoms with van der Waals surface area (Å²) in [4.78, 5) is 14.8. The Morgan fingerprint density at radius 1 is 1.44 bits per heavy atom. The summed E-state index contributed by atoms with van der Waals surface area (Å²) in [6.45, 7) is 3.93. The number of nitrogens with zero attached hydrogens (tertiary/aromatic N) is 2. The first-order valence-corrected chi connectivity index (χ1v) is 5.26. The van der Waals surface area contributed by atoms with E-state index in [4.69, 9.17) is 0 Å². The predicted octanol–water partition coefficient (Wildman–Crippen LogP) is 2.79. The van der Waals surface area contributed by atoms with Crippen LogP contribution < -0.4 is 0 Å². The van der Waals surface area contributed by atoms with Crippen LogP contribution in [0.4, 0.5) is 5.69 Å². The van der Waals surface area contributed by atoms with Crippen molar-refractivity contribution >= 4 is 11.9 Å². The van der Waals surface area contributed by atoms with Gasteiger partial charge in [-0.15, -0.1) is 0 Å². The summed E-state index contributed by atoms with van der Waals surface area (Å²) in [5.41, 5.74) is 1.57. The monoisotopic (exact) mass is 218 g/mol. The Labute approximate surface area is 94.2 Å². The molecule has 0 bridgehead atoms. The molecule has 1 atom stereocenters. The van der Waals surface area contributed by atoms with Gasteiger partial charge in [0.1, 0.15) is 0 Å². The van der Waals surface area contributed by atoms with Crippen LogP contribution in [0.25, 0.3) is 0 Å². The second-order valence-electron chi connectivity index (χ2n) is 4.71. The van der Waals surface area contributed by atoms with Gasteiger partial charge in [-0.1, -0.05) is 32.0 Å². The number of para-hydroxylation sites is 1. The summed E-state index contributed by atoms with van der Waals surface area (Å²) in [7, 11) is 0. The van der Waals surface area contributed by atoms with Gasteiger partial charge < -0.3 is 0 Å². The topological polar surface area (TPSA) is 55.5 Å². The molecule has 0 saturated heterocycles. The third-order valence-corrected chi connectivity index (χ3v) is 3.08. The molecular formula is C12H14N2O2. The summed E-state index contributed by atoms with van der Waals surface area (Å²) in [6, 6.07) is 7.64. The zero-order valence-corrected chi connectivity index (χ0v) is 9.38. The van der Waals surface area contributed by atoms with Crippen LogP contribution >= 0.6 is 0 Å². The van der Waals surface area contributed by atoms with E-state index in [0.717, 1.165) is 11.3 Å². The molecule has 1 heterocycles. The van der Waals surface area contributed by atoms with Crippen molar-refractivity contribution in [1.82, 2.24) is 0 Å². The number of hydrogen-bond acceptors (Lipinski definition) is 3. The molecule has 4 heteroatoms. The second kappa shape index (κ2) is 3.70. The van der Waals surface area contributed by atoms with E-state index in [1.807, 2.05) is 44.3 Å². The molecule has 0 amide bonds. The van der Waals surface area contributed by atoms with Crippen LogP contribution in [-0.2, 0) is 0 Å². The van der Waals surface area contributed by atoms with Crippen LogP contribution in [0.15, 0.2) is 29.3 Å². The average molecular weight is 218 g/mol. The van der Waals surface area contributed by atoms with E-state index in [2.05, 4.69) is 4.99 Å². The van der Waals surface area contributed by atoms with Crippen molar-refractivity contribution in [2.75, 3.05) is 6.54 Å². The lowest BCUT2D eigenvalue weighted by Crippen LogP contribution is -2.31. The molecule has 0 radical (unpaired) electrons. The lowest BCUT2D eigenvalue weighted by atomic mass is 9.73. The van der Waals surface area contributed by atoms with Gasteiger partial charge in [0.2, 0.25) is 6.54 Å². The maximum Gasteiger partial charge on any atom is 0.211 e. The first-order chi connectivity index (χ1) is 7.50. The van der Waals surface area contributed by atoms with Gasteiger partial charge in [-0.2, -0.15) is 0 Å². The third-order valence-electron chi connectivity index (χ3n) is 3.08. The Morgan fingerprint density at radius 3 is 2.81 bits per heavy atom. The van der Waals surface area contributed by atoms with Crippen LogP contribution in [0.3, 0.4) is 0 Å². The smallest absolute Gasteiger partial charge is 0.211 e. The second-order valence-corrected chi connectivity index (χ2v) is 4.71. The number of fused-ring (bicyclic) bond motifs is 1. The highest BCUT2D eigenvalue weighted by molar-refractivity contribution is 5.75. The van der Waals surface area contributed by atoms with E-state index in [1.54, 1.807) is 0 Å². The molecule has 2 rings (SSSR count). The van der Waals surface area contributed by atoms with E-state index in [-0.39, 0.29) is 22.8 Å². The van der Waals surface area contributed by atoms with Crippen molar-refractivity contribution in [1.29, 1.82) is 0 Å². The van der Waals surface area contributed by atoms with Crippen molar-refractivity contribution in [2.24, 2.45) is 10.4 Å². The predicted molar refractivity (Wildman–Crippen MR) is 63.0 cm³/mol. The lowest BCUT2D eigenvalue weighted by Gasteiger charge is -2.32. The molecule has 1 aliphatic rings. The standard InChI is InChI=1S/C12H14N2O2/c1-12(2)8-13-11-6-4-3-5-9(11)10(12)7-14(15)16/h3-6,8,10H,7H2,1-2H3. The van der Waals surface area contributed by atoms with E-state index in [0.29, 0.717) is 0 Å². The summed E-state index contributed by atoms with van der Waals surface area (Å²) >= 11 is 0. The number of benzene rings is 1. The van der Waals surface area contributed by atoms with E-state index in [9.17, 15) is 10.1 Å². The summed E-state index contributed by atoms with van der Waals surface area (Å²) < 4.78 is 0. The molecule has 0 fully saturated rings. The average Bonchev–Trinajstić information content (AvgIpc) is 2.22. The molecule has 1 aromatic rings. The highest BCUT2D eigenvalue weighted by Crippen LogP contribution is 2.42. The normalized spacial score (nSPS) is 21.5. The van der Waals surface area contributed by atoms with Crippen LogP contribution in [0.1, 0.15) is 25.3 Å². The molecule has 0 aromatic heterocycles. The Bertz CT molecular complexity index is 452. The Hall–Kier alpha value is -1.71. The SMILES string of the molecule is CC1(C)C=Nc2ccccc2C1C[N+](=O)[O-]. The van der Waals surface area contributed by atoms with Gasteiger partial charge >= 0.3 is 0 Å². The van der Waals surface area contributed by atoms with Crippen molar-refractivity contribution in [3.05, 3.63) is 39.9 Å². The molecule has 84 valence electrons. The largest absolute Gasteiger partial charge is 0.265 e. The van der Waals surface area contributed by atoms with Crippen LogP contribution in [0.2, 0.25) is 0 Å². The maximum absolute atomic E-state index is 10.7. The number of aliphatic imine (C=N–C) groups is 1. The Balaban J connectivity index is 2.46. The maximum atomic E-state index is 10.7. The summed E-state index contributed by atoms with van der Waals surface area (Å²) in [5.74, 6) is -0.101. The molecule has 1 aliphatic heterocycles. The van der Waals surface area contributed by atoms with Gasteiger partial charge in [-0.05, 0) is 11.6 Å². The van der Waals surface area contributed by atoms with Gasteiger partial charge in [0.05, 0.1) is 11.6 Å². The fourth-order valence-corrected chi connectivity index (χ4v) is 2.11. The molecular weight excluding hydrogens is 204 g/mol.